The molecule has 31 heavy (non-hydrogen) atoms. The van der Waals surface area contributed by atoms with Gasteiger partial charge < -0.3 is 14.5 Å². The van der Waals surface area contributed by atoms with Crippen molar-refractivity contribution in [2.75, 3.05) is 18.0 Å². The van der Waals surface area contributed by atoms with Crippen LogP contribution in [0.3, 0.4) is 0 Å². The highest BCUT2D eigenvalue weighted by Gasteiger charge is 2.35. The summed E-state index contributed by atoms with van der Waals surface area (Å²) in [5.41, 5.74) is 1.09. The fourth-order valence-electron chi connectivity index (χ4n) is 3.54. The van der Waals surface area contributed by atoms with Crippen molar-refractivity contribution in [3.63, 3.8) is 0 Å². The molecule has 0 aliphatic carbocycles. The number of hydrogen-bond acceptors (Lipinski definition) is 3. The molecule has 0 saturated carbocycles. The number of benzene rings is 3. The maximum Gasteiger partial charge on any atom is 0.256 e. The number of ether oxygens (including phenoxy) is 1. The SMILES string of the molecule is C[C@H]1C(=O)N(c2ccc(Oc3ccccc3)cc2)CCN1C(=O)c1ccc(Cl)cc1Cl. The first-order valence-corrected chi connectivity index (χ1v) is 10.6. The lowest BCUT2D eigenvalue weighted by Crippen LogP contribution is -2.57. The van der Waals surface area contributed by atoms with Crippen molar-refractivity contribution in [2.45, 2.75) is 13.0 Å². The molecule has 0 spiro atoms. The normalized spacial score (nSPS) is 16.4. The Labute approximate surface area is 190 Å². The Morgan fingerprint density at radius 3 is 2.29 bits per heavy atom. The molecule has 3 aromatic rings. The van der Waals surface area contributed by atoms with Gasteiger partial charge in [-0.05, 0) is 61.5 Å². The number of anilines is 1. The zero-order valence-corrected chi connectivity index (χ0v) is 18.3. The van der Waals surface area contributed by atoms with Crippen LogP contribution < -0.4 is 9.64 Å². The maximum absolute atomic E-state index is 13.0. The second-order valence-corrected chi connectivity index (χ2v) is 8.04. The monoisotopic (exact) mass is 454 g/mol. The summed E-state index contributed by atoms with van der Waals surface area (Å²) >= 11 is 12.1. The number of piperazine rings is 1. The first-order valence-electron chi connectivity index (χ1n) is 9.84. The molecule has 0 unspecified atom stereocenters. The molecule has 1 heterocycles. The minimum Gasteiger partial charge on any atom is -0.457 e. The molecule has 0 bridgehead atoms. The van der Waals surface area contributed by atoms with E-state index in [1.165, 1.54) is 6.07 Å². The lowest BCUT2D eigenvalue weighted by molar-refractivity contribution is -0.124. The number of rotatable bonds is 4. The van der Waals surface area contributed by atoms with Crippen LogP contribution >= 0.6 is 23.2 Å². The van der Waals surface area contributed by atoms with Gasteiger partial charge in [-0.2, -0.15) is 0 Å². The van der Waals surface area contributed by atoms with Gasteiger partial charge in [0.05, 0.1) is 10.6 Å². The molecule has 2 amide bonds. The number of halogens is 2. The molecule has 7 heteroatoms. The number of para-hydroxylation sites is 1. The molecule has 1 atom stereocenters. The molecule has 5 nitrogen and oxygen atoms in total. The van der Waals surface area contributed by atoms with E-state index in [2.05, 4.69) is 0 Å². The minimum absolute atomic E-state index is 0.151. The molecule has 0 radical (unpaired) electrons. The van der Waals surface area contributed by atoms with Crippen LogP contribution in [0.1, 0.15) is 17.3 Å². The van der Waals surface area contributed by atoms with Crippen LogP contribution in [0.4, 0.5) is 5.69 Å². The summed E-state index contributed by atoms with van der Waals surface area (Å²) in [5.74, 6) is 0.991. The fourth-order valence-corrected chi connectivity index (χ4v) is 4.03. The van der Waals surface area contributed by atoms with E-state index in [9.17, 15) is 9.59 Å². The number of hydrogen-bond donors (Lipinski definition) is 0. The van der Waals surface area contributed by atoms with E-state index < -0.39 is 6.04 Å². The number of nitrogens with zero attached hydrogens (tertiary/aromatic N) is 2. The summed E-state index contributed by atoms with van der Waals surface area (Å²) < 4.78 is 5.81. The molecular weight excluding hydrogens is 435 g/mol. The Morgan fingerprint density at radius 2 is 1.61 bits per heavy atom. The van der Waals surface area contributed by atoms with E-state index in [1.807, 2.05) is 54.6 Å². The highest BCUT2D eigenvalue weighted by atomic mass is 35.5. The summed E-state index contributed by atoms with van der Waals surface area (Å²) in [6.45, 7) is 2.51. The lowest BCUT2D eigenvalue weighted by Gasteiger charge is -2.39. The number of carbonyl (C=O) groups is 2. The smallest absolute Gasteiger partial charge is 0.256 e. The average Bonchev–Trinajstić information content (AvgIpc) is 2.77. The molecule has 1 aliphatic rings. The zero-order chi connectivity index (χ0) is 22.0. The molecule has 3 aromatic carbocycles. The highest BCUT2D eigenvalue weighted by Crippen LogP contribution is 2.28. The Kier molecular flexibility index (Phi) is 6.16. The van der Waals surface area contributed by atoms with Gasteiger partial charge in [-0.3, -0.25) is 9.59 Å². The molecule has 0 aromatic heterocycles. The Morgan fingerprint density at radius 1 is 0.935 bits per heavy atom. The highest BCUT2D eigenvalue weighted by molar-refractivity contribution is 6.36. The molecule has 1 fully saturated rings. The third kappa shape index (κ3) is 4.53. The van der Waals surface area contributed by atoms with Crippen LogP contribution in [0.15, 0.2) is 72.8 Å². The zero-order valence-electron chi connectivity index (χ0n) is 16.8. The van der Waals surface area contributed by atoms with Crippen LogP contribution in [0.5, 0.6) is 11.5 Å². The summed E-state index contributed by atoms with van der Waals surface area (Å²) in [7, 11) is 0. The summed E-state index contributed by atoms with van der Waals surface area (Å²) in [5, 5.41) is 0.726. The second kappa shape index (κ2) is 9.00. The molecule has 158 valence electrons. The van der Waals surface area contributed by atoms with E-state index in [-0.39, 0.29) is 16.8 Å². The average molecular weight is 455 g/mol. The first kappa shape index (κ1) is 21.2. The van der Waals surface area contributed by atoms with Crippen molar-refractivity contribution in [3.8, 4) is 11.5 Å². The lowest BCUT2D eigenvalue weighted by atomic mass is 10.1. The largest absolute Gasteiger partial charge is 0.457 e. The van der Waals surface area contributed by atoms with E-state index in [1.54, 1.807) is 28.9 Å². The predicted octanol–water partition coefficient (Wildman–Crippen LogP) is 5.66. The Bertz CT molecular complexity index is 1100. The van der Waals surface area contributed by atoms with Crippen LogP contribution in [0.25, 0.3) is 0 Å². The molecule has 1 saturated heterocycles. The fraction of sp³-hybridized carbons (Fsp3) is 0.167. The number of amides is 2. The third-order valence-electron chi connectivity index (χ3n) is 5.21. The van der Waals surface area contributed by atoms with Gasteiger partial charge in [0.2, 0.25) is 5.91 Å². The van der Waals surface area contributed by atoms with Gasteiger partial charge in [0.25, 0.3) is 5.91 Å². The standard InChI is InChI=1S/C24H20Cl2N2O3/c1-16-23(29)28(14-13-27(16)24(30)21-12-7-17(25)15-22(21)26)18-8-10-20(11-9-18)31-19-5-3-2-4-6-19/h2-12,15-16H,13-14H2,1H3/t16-/m0/s1. The summed E-state index contributed by atoms with van der Waals surface area (Å²) in [6.07, 6.45) is 0. The van der Waals surface area contributed by atoms with Crippen LogP contribution in [0.2, 0.25) is 10.0 Å². The first-order chi connectivity index (χ1) is 14.9. The topological polar surface area (TPSA) is 49.9 Å². The second-order valence-electron chi connectivity index (χ2n) is 7.20. The summed E-state index contributed by atoms with van der Waals surface area (Å²) in [6, 6.07) is 20.9. The van der Waals surface area contributed by atoms with E-state index in [4.69, 9.17) is 27.9 Å². The Hall–Kier alpha value is -3.02. The van der Waals surface area contributed by atoms with Gasteiger partial charge in [0.1, 0.15) is 17.5 Å². The van der Waals surface area contributed by atoms with Crippen molar-refractivity contribution in [3.05, 3.63) is 88.4 Å². The van der Waals surface area contributed by atoms with Gasteiger partial charge >= 0.3 is 0 Å². The van der Waals surface area contributed by atoms with Gasteiger partial charge in [-0.1, -0.05) is 41.4 Å². The molecule has 0 N–H and O–H groups in total. The minimum atomic E-state index is -0.617. The van der Waals surface area contributed by atoms with Crippen LogP contribution in [-0.4, -0.2) is 35.8 Å². The van der Waals surface area contributed by atoms with Crippen molar-refractivity contribution in [2.24, 2.45) is 0 Å². The van der Waals surface area contributed by atoms with Crippen LogP contribution in [0, 0.1) is 0 Å². The van der Waals surface area contributed by atoms with Gasteiger partial charge in [0.15, 0.2) is 0 Å². The molecular formula is C24H20Cl2N2O3. The van der Waals surface area contributed by atoms with Gasteiger partial charge in [-0.15, -0.1) is 0 Å². The predicted molar refractivity (Wildman–Crippen MR) is 122 cm³/mol. The molecule has 1 aliphatic heterocycles. The van der Waals surface area contributed by atoms with Gasteiger partial charge in [-0.25, -0.2) is 0 Å². The van der Waals surface area contributed by atoms with E-state index in [0.717, 1.165) is 11.4 Å². The number of carbonyl (C=O) groups excluding carboxylic acids is 2. The van der Waals surface area contributed by atoms with Crippen LogP contribution in [-0.2, 0) is 4.79 Å². The maximum atomic E-state index is 13.0. The summed E-state index contributed by atoms with van der Waals surface area (Å²) in [4.78, 5) is 29.2. The molecule has 4 rings (SSSR count). The van der Waals surface area contributed by atoms with Crippen molar-refractivity contribution >= 4 is 40.7 Å². The van der Waals surface area contributed by atoms with E-state index in [0.29, 0.717) is 29.4 Å². The van der Waals surface area contributed by atoms with Crippen molar-refractivity contribution < 1.29 is 14.3 Å². The van der Waals surface area contributed by atoms with Crippen molar-refractivity contribution in [1.82, 2.24) is 4.90 Å². The van der Waals surface area contributed by atoms with E-state index >= 15 is 0 Å². The third-order valence-corrected chi connectivity index (χ3v) is 5.75. The van der Waals surface area contributed by atoms with Crippen molar-refractivity contribution in [1.29, 1.82) is 0 Å². The van der Waals surface area contributed by atoms with Gasteiger partial charge in [0, 0.05) is 23.8 Å². The quantitative estimate of drug-likeness (QED) is 0.510. The Balaban J connectivity index is 1.46.